The first-order chi connectivity index (χ1) is 9.29. The Morgan fingerprint density at radius 3 is 2.55 bits per heavy atom. The van der Waals surface area contributed by atoms with E-state index in [0.29, 0.717) is 11.7 Å². The number of hydrogen-bond donors (Lipinski definition) is 1. The Hall–Kier alpha value is -0.850. The molecule has 0 bridgehead atoms. The standard InChI is InChI=1S/C12H17Cl2N3O2S/c1-7(2)5-17(11(19)10(13)14)6-9(18)16-12-15-4-8(3)20-12/h4,7,10H,5-6H2,1-3H3,(H,15,16,18). The number of thiazole rings is 1. The van der Waals surface area contributed by atoms with Gasteiger partial charge in [-0.2, -0.15) is 0 Å². The maximum absolute atomic E-state index is 11.9. The Morgan fingerprint density at radius 2 is 2.10 bits per heavy atom. The monoisotopic (exact) mass is 337 g/mol. The lowest BCUT2D eigenvalue weighted by Gasteiger charge is -2.24. The summed E-state index contributed by atoms with van der Waals surface area (Å²) in [4.78, 5) is 29.0. The Morgan fingerprint density at radius 1 is 1.45 bits per heavy atom. The normalized spacial score (nSPS) is 10.9. The second-order valence-corrected chi connectivity index (χ2v) is 7.07. The van der Waals surface area contributed by atoms with Gasteiger partial charge in [-0.05, 0) is 12.8 Å². The largest absolute Gasteiger partial charge is 0.331 e. The minimum atomic E-state index is -1.16. The van der Waals surface area contributed by atoms with Crippen LogP contribution in [0.15, 0.2) is 6.20 Å². The number of carbonyl (C=O) groups is 2. The first-order valence-corrected chi connectivity index (χ1v) is 7.77. The second kappa shape index (κ2) is 7.81. The maximum Gasteiger partial charge on any atom is 0.256 e. The predicted molar refractivity (Wildman–Crippen MR) is 82.4 cm³/mol. The van der Waals surface area contributed by atoms with Crippen LogP contribution < -0.4 is 5.32 Å². The van der Waals surface area contributed by atoms with Crippen LogP contribution in [-0.4, -0.2) is 39.6 Å². The lowest BCUT2D eigenvalue weighted by atomic mass is 10.2. The van der Waals surface area contributed by atoms with Crippen LogP contribution in [0.1, 0.15) is 18.7 Å². The Bertz CT molecular complexity index is 477. The molecule has 5 nitrogen and oxygen atoms in total. The molecule has 0 aliphatic carbocycles. The number of nitrogens with zero attached hydrogens (tertiary/aromatic N) is 2. The molecule has 1 aromatic rings. The molecule has 1 N–H and O–H groups in total. The zero-order valence-electron chi connectivity index (χ0n) is 11.5. The second-order valence-electron chi connectivity index (χ2n) is 4.74. The molecule has 0 radical (unpaired) electrons. The lowest BCUT2D eigenvalue weighted by Crippen LogP contribution is -2.42. The number of amides is 2. The highest BCUT2D eigenvalue weighted by molar-refractivity contribution is 7.15. The number of aromatic nitrogens is 1. The van der Waals surface area contributed by atoms with Crippen molar-refractivity contribution >= 4 is 51.5 Å². The van der Waals surface area contributed by atoms with Gasteiger partial charge in [-0.1, -0.05) is 37.0 Å². The highest BCUT2D eigenvalue weighted by Gasteiger charge is 2.23. The number of carbonyl (C=O) groups excluding carboxylic acids is 2. The van der Waals surface area contributed by atoms with Crippen molar-refractivity contribution in [2.24, 2.45) is 5.92 Å². The van der Waals surface area contributed by atoms with E-state index in [9.17, 15) is 9.59 Å². The molecule has 0 atom stereocenters. The van der Waals surface area contributed by atoms with E-state index in [1.54, 1.807) is 6.20 Å². The molecule has 1 heterocycles. The van der Waals surface area contributed by atoms with Crippen LogP contribution in [0.5, 0.6) is 0 Å². The van der Waals surface area contributed by atoms with Gasteiger partial charge in [0.1, 0.15) is 6.54 Å². The third-order valence-electron chi connectivity index (χ3n) is 2.29. The molecule has 20 heavy (non-hydrogen) atoms. The van der Waals surface area contributed by atoms with Crippen molar-refractivity contribution in [1.29, 1.82) is 0 Å². The van der Waals surface area contributed by atoms with Crippen LogP contribution in [0.3, 0.4) is 0 Å². The molecule has 0 saturated heterocycles. The fourth-order valence-electron chi connectivity index (χ4n) is 1.56. The van der Waals surface area contributed by atoms with Gasteiger partial charge in [-0.3, -0.25) is 9.59 Å². The van der Waals surface area contributed by atoms with Crippen molar-refractivity contribution in [3.63, 3.8) is 0 Å². The fourth-order valence-corrected chi connectivity index (χ4v) is 2.51. The Kier molecular flexibility index (Phi) is 6.71. The predicted octanol–water partition coefficient (Wildman–Crippen LogP) is 2.68. The van der Waals surface area contributed by atoms with Crippen LogP contribution in [0.4, 0.5) is 5.13 Å². The first-order valence-electron chi connectivity index (χ1n) is 6.08. The van der Waals surface area contributed by atoms with E-state index in [0.717, 1.165) is 4.88 Å². The summed E-state index contributed by atoms with van der Waals surface area (Å²) in [5.74, 6) is -0.573. The summed E-state index contributed by atoms with van der Waals surface area (Å²) < 4.78 is 0. The molecule has 8 heteroatoms. The summed E-state index contributed by atoms with van der Waals surface area (Å²) in [5, 5.41) is 3.16. The summed E-state index contributed by atoms with van der Waals surface area (Å²) in [5.41, 5.74) is 0. The summed E-state index contributed by atoms with van der Waals surface area (Å²) in [6.07, 6.45) is 1.67. The number of rotatable bonds is 6. The van der Waals surface area contributed by atoms with Crippen molar-refractivity contribution in [2.75, 3.05) is 18.4 Å². The molecular weight excluding hydrogens is 321 g/mol. The topological polar surface area (TPSA) is 62.3 Å². The number of alkyl halides is 2. The maximum atomic E-state index is 11.9. The SMILES string of the molecule is Cc1cnc(NC(=O)CN(CC(C)C)C(=O)C(Cl)Cl)s1. The Labute approximate surface area is 132 Å². The van der Waals surface area contributed by atoms with Crippen molar-refractivity contribution in [3.05, 3.63) is 11.1 Å². The lowest BCUT2D eigenvalue weighted by molar-refractivity contribution is -0.133. The van der Waals surface area contributed by atoms with Gasteiger partial charge in [0.2, 0.25) is 5.91 Å². The van der Waals surface area contributed by atoms with Gasteiger partial charge in [0.25, 0.3) is 5.91 Å². The van der Waals surface area contributed by atoms with E-state index in [4.69, 9.17) is 23.2 Å². The molecule has 1 rings (SSSR count). The van der Waals surface area contributed by atoms with E-state index in [-0.39, 0.29) is 18.4 Å². The molecule has 112 valence electrons. The molecule has 0 aromatic carbocycles. The van der Waals surface area contributed by atoms with Gasteiger partial charge in [0.05, 0.1) is 0 Å². The third-order valence-corrected chi connectivity index (χ3v) is 3.49. The summed E-state index contributed by atoms with van der Waals surface area (Å²) in [7, 11) is 0. The molecule has 0 spiro atoms. The molecule has 0 unspecified atom stereocenters. The Balaban J connectivity index is 2.64. The molecule has 0 aliphatic heterocycles. The van der Waals surface area contributed by atoms with E-state index in [2.05, 4.69) is 10.3 Å². The van der Waals surface area contributed by atoms with E-state index >= 15 is 0 Å². The van der Waals surface area contributed by atoms with Crippen molar-refractivity contribution in [2.45, 2.75) is 25.6 Å². The van der Waals surface area contributed by atoms with Crippen LogP contribution in [0.2, 0.25) is 0 Å². The van der Waals surface area contributed by atoms with Gasteiger partial charge < -0.3 is 10.2 Å². The van der Waals surface area contributed by atoms with Gasteiger partial charge in [-0.15, -0.1) is 11.3 Å². The molecule has 2 amide bonds. The van der Waals surface area contributed by atoms with Crippen LogP contribution in [0, 0.1) is 12.8 Å². The fraction of sp³-hybridized carbons (Fsp3) is 0.583. The highest BCUT2D eigenvalue weighted by Crippen LogP contribution is 2.16. The number of aryl methyl sites for hydroxylation is 1. The highest BCUT2D eigenvalue weighted by atomic mass is 35.5. The van der Waals surface area contributed by atoms with Crippen LogP contribution in [0.25, 0.3) is 0 Å². The van der Waals surface area contributed by atoms with Gasteiger partial charge in [0, 0.05) is 17.6 Å². The summed E-state index contributed by atoms with van der Waals surface area (Å²) in [6.45, 7) is 6.11. The number of nitrogens with one attached hydrogen (secondary N) is 1. The quantitative estimate of drug-likeness (QED) is 0.811. The van der Waals surface area contributed by atoms with Gasteiger partial charge in [0.15, 0.2) is 9.97 Å². The molecular formula is C12H17Cl2N3O2S. The minimum absolute atomic E-state index is 0.0917. The van der Waals surface area contributed by atoms with Crippen molar-refractivity contribution in [1.82, 2.24) is 9.88 Å². The number of anilines is 1. The average molecular weight is 338 g/mol. The van der Waals surface area contributed by atoms with Crippen molar-refractivity contribution in [3.8, 4) is 0 Å². The van der Waals surface area contributed by atoms with Gasteiger partial charge >= 0.3 is 0 Å². The molecule has 0 saturated carbocycles. The average Bonchev–Trinajstić information content (AvgIpc) is 2.71. The molecule has 0 aliphatic rings. The molecule has 0 fully saturated rings. The first kappa shape index (κ1) is 17.2. The minimum Gasteiger partial charge on any atom is -0.331 e. The van der Waals surface area contributed by atoms with Crippen LogP contribution in [-0.2, 0) is 9.59 Å². The van der Waals surface area contributed by atoms with E-state index in [1.165, 1.54) is 16.2 Å². The smallest absolute Gasteiger partial charge is 0.256 e. The summed E-state index contributed by atoms with van der Waals surface area (Å²) in [6, 6.07) is 0. The van der Waals surface area contributed by atoms with Crippen LogP contribution >= 0.6 is 34.5 Å². The number of halogens is 2. The molecule has 1 aromatic heterocycles. The van der Waals surface area contributed by atoms with E-state index in [1.807, 2.05) is 20.8 Å². The van der Waals surface area contributed by atoms with Gasteiger partial charge in [-0.25, -0.2) is 4.98 Å². The summed E-state index contributed by atoms with van der Waals surface area (Å²) >= 11 is 12.5. The zero-order valence-corrected chi connectivity index (χ0v) is 13.8. The number of hydrogen-bond acceptors (Lipinski definition) is 4. The van der Waals surface area contributed by atoms with Crippen molar-refractivity contribution < 1.29 is 9.59 Å². The third kappa shape index (κ3) is 5.64. The van der Waals surface area contributed by atoms with E-state index < -0.39 is 10.7 Å². The zero-order chi connectivity index (χ0) is 15.3.